The van der Waals surface area contributed by atoms with E-state index in [0.29, 0.717) is 24.3 Å². The number of rotatable bonds is 4. The predicted molar refractivity (Wildman–Crippen MR) is 75.2 cm³/mol. The Labute approximate surface area is 118 Å². The van der Waals surface area contributed by atoms with Crippen LogP contribution in [-0.2, 0) is 4.79 Å². The van der Waals surface area contributed by atoms with E-state index in [1.54, 1.807) is 19.2 Å². The lowest BCUT2D eigenvalue weighted by atomic mass is 10.1. The largest absolute Gasteiger partial charge is 0.481 e. The number of carbonyl (C=O) groups excluding carboxylic acids is 1. The van der Waals surface area contributed by atoms with Gasteiger partial charge in [-0.2, -0.15) is 0 Å². The number of hydrogen-bond donors (Lipinski definition) is 2. The summed E-state index contributed by atoms with van der Waals surface area (Å²) in [5, 5.41) is 5.79. The Morgan fingerprint density at radius 1 is 1.45 bits per heavy atom. The van der Waals surface area contributed by atoms with E-state index in [1.807, 2.05) is 6.92 Å². The summed E-state index contributed by atoms with van der Waals surface area (Å²) in [5.41, 5.74) is 0.588. The number of nitrogens with one attached hydrogen (secondary N) is 2. The molecule has 0 bridgehead atoms. The van der Waals surface area contributed by atoms with Crippen LogP contribution in [0.5, 0.6) is 5.75 Å². The fraction of sp³-hybridized carbons (Fsp3) is 0.533. The van der Waals surface area contributed by atoms with Crippen LogP contribution in [0.3, 0.4) is 0 Å². The van der Waals surface area contributed by atoms with Crippen LogP contribution >= 0.6 is 0 Å². The summed E-state index contributed by atoms with van der Waals surface area (Å²) >= 11 is 0. The summed E-state index contributed by atoms with van der Waals surface area (Å²) in [6, 6.07) is 4.69. The Balaban J connectivity index is 2.09. The topological polar surface area (TPSA) is 50.4 Å². The van der Waals surface area contributed by atoms with E-state index in [1.165, 1.54) is 6.07 Å². The van der Waals surface area contributed by atoms with Crippen LogP contribution in [0.15, 0.2) is 18.2 Å². The van der Waals surface area contributed by atoms with Gasteiger partial charge in [0.05, 0.1) is 0 Å². The van der Waals surface area contributed by atoms with E-state index < -0.39 is 6.10 Å². The van der Waals surface area contributed by atoms with Crippen molar-refractivity contribution < 1.29 is 13.9 Å². The zero-order chi connectivity index (χ0) is 14.5. The molecule has 1 amide bonds. The lowest BCUT2D eigenvalue weighted by Gasteiger charge is -2.17. The van der Waals surface area contributed by atoms with Gasteiger partial charge in [-0.25, -0.2) is 4.39 Å². The van der Waals surface area contributed by atoms with E-state index in [0.717, 1.165) is 12.8 Å². The molecule has 1 saturated heterocycles. The highest BCUT2D eigenvalue weighted by Crippen LogP contribution is 2.23. The third-order valence-electron chi connectivity index (χ3n) is 3.63. The molecule has 4 nitrogen and oxygen atoms in total. The number of hydrogen-bond acceptors (Lipinski definition) is 3. The van der Waals surface area contributed by atoms with Crippen LogP contribution in [0, 0.1) is 5.82 Å². The van der Waals surface area contributed by atoms with Crippen LogP contribution < -0.4 is 15.4 Å². The van der Waals surface area contributed by atoms with Crippen molar-refractivity contribution in [3.63, 3.8) is 0 Å². The molecule has 1 fully saturated rings. The Kier molecular flexibility index (Phi) is 4.95. The molecule has 110 valence electrons. The molecule has 0 radical (unpaired) electrons. The van der Waals surface area contributed by atoms with E-state index in [2.05, 4.69) is 10.6 Å². The van der Waals surface area contributed by atoms with E-state index in [4.69, 9.17) is 4.74 Å². The van der Waals surface area contributed by atoms with Gasteiger partial charge in [0.25, 0.3) is 5.91 Å². The highest BCUT2D eigenvalue weighted by Gasteiger charge is 2.22. The number of amides is 1. The lowest BCUT2D eigenvalue weighted by molar-refractivity contribution is -0.127. The molecular weight excluding hydrogens is 259 g/mol. The number of halogens is 1. The van der Waals surface area contributed by atoms with Crippen molar-refractivity contribution in [3.05, 3.63) is 29.6 Å². The molecule has 2 rings (SSSR count). The molecule has 1 heterocycles. The first-order valence-corrected chi connectivity index (χ1v) is 7.03. The molecule has 0 spiro atoms. The predicted octanol–water partition coefficient (Wildman–Crippen LogP) is 2.15. The monoisotopic (exact) mass is 280 g/mol. The van der Waals surface area contributed by atoms with Crippen LogP contribution in [0.4, 0.5) is 4.39 Å². The molecule has 0 aliphatic carbocycles. The summed E-state index contributed by atoms with van der Waals surface area (Å²) < 4.78 is 19.6. The molecule has 0 aromatic heterocycles. The average molecular weight is 280 g/mol. The molecular formula is C15H21FN2O2. The number of ether oxygens (including phenoxy) is 1. The Morgan fingerprint density at radius 3 is 2.95 bits per heavy atom. The van der Waals surface area contributed by atoms with Gasteiger partial charge in [0.15, 0.2) is 6.10 Å². The van der Waals surface area contributed by atoms with Crippen molar-refractivity contribution in [2.45, 2.75) is 38.3 Å². The van der Waals surface area contributed by atoms with E-state index in [-0.39, 0.29) is 17.8 Å². The molecule has 2 N–H and O–H groups in total. The Hall–Kier alpha value is -1.62. The van der Waals surface area contributed by atoms with Gasteiger partial charge in [-0.1, -0.05) is 6.07 Å². The standard InChI is InChI=1S/C15H21FN2O2/c1-10(17-2)12-7-6-11(9-13(12)16)20-14-5-3-4-8-18-15(14)19/h6-7,9-10,14,17H,3-5,8H2,1-2H3,(H,18,19). The van der Waals surface area contributed by atoms with Crippen molar-refractivity contribution in [1.29, 1.82) is 0 Å². The minimum Gasteiger partial charge on any atom is -0.481 e. The van der Waals surface area contributed by atoms with Gasteiger partial charge in [0.1, 0.15) is 11.6 Å². The summed E-state index contributed by atoms with van der Waals surface area (Å²) in [4.78, 5) is 11.8. The lowest BCUT2D eigenvalue weighted by Crippen LogP contribution is -2.36. The summed E-state index contributed by atoms with van der Waals surface area (Å²) in [6.07, 6.45) is 2.03. The van der Waals surface area contributed by atoms with Crippen LogP contribution in [0.2, 0.25) is 0 Å². The fourth-order valence-electron chi connectivity index (χ4n) is 2.28. The van der Waals surface area contributed by atoms with Crippen molar-refractivity contribution in [2.24, 2.45) is 0 Å². The molecule has 0 saturated carbocycles. The molecule has 5 heteroatoms. The molecule has 1 aromatic carbocycles. The first kappa shape index (κ1) is 14.8. The average Bonchev–Trinajstić information content (AvgIpc) is 2.64. The third kappa shape index (κ3) is 3.48. The zero-order valence-electron chi connectivity index (χ0n) is 11.9. The van der Waals surface area contributed by atoms with Gasteiger partial charge in [-0.15, -0.1) is 0 Å². The summed E-state index contributed by atoms with van der Waals surface area (Å²) in [7, 11) is 1.78. The van der Waals surface area contributed by atoms with Gasteiger partial charge in [0, 0.05) is 24.2 Å². The second-order valence-corrected chi connectivity index (χ2v) is 5.09. The van der Waals surface area contributed by atoms with Gasteiger partial charge in [-0.3, -0.25) is 4.79 Å². The second kappa shape index (κ2) is 6.70. The van der Waals surface area contributed by atoms with E-state index >= 15 is 0 Å². The minimum atomic E-state index is -0.524. The maximum Gasteiger partial charge on any atom is 0.261 e. The first-order valence-electron chi connectivity index (χ1n) is 7.03. The molecule has 1 aliphatic rings. The zero-order valence-corrected chi connectivity index (χ0v) is 11.9. The van der Waals surface area contributed by atoms with Crippen molar-refractivity contribution in [1.82, 2.24) is 10.6 Å². The fourth-order valence-corrected chi connectivity index (χ4v) is 2.28. The number of carbonyl (C=O) groups is 1. The third-order valence-corrected chi connectivity index (χ3v) is 3.63. The highest BCUT2D eigenvalue weighted by molar-refractivity contribution is 5.81. The molecule has 2 atom stereocenters. The quantitative estimate of drug-likeness (QED) is 0.888. The molecule has 20 heavy (non-hydrogen) atoms. The van der Waals surface area contributed by atoms with Crippen molar-refractivity contribution in [2.75, 3.05) is 13.6 Å². The van der Waals surface area contributed by atoms with Crippen LogP contribution in [-0.4, -0.2) is 25.6 Å². The molecule has 1 aliphatic heterocycles. The Bertz CT molecular complexity index is 479. The summed E-state index contributed by atoms with van der Waals surface area (Å²) in [6.45, 7) is 2.57. The van der Waals surface area contributed by atoms with Gasteiger partial charge in [0.2, 0.25) is 0 Å². The molecule has 1 aromatic rings. The first-order chi connectivity index (χ1) is 9.61. The summed E-state index contributed by atoms with van der Waals surface area (Å²) in [5.74, 6) is -0.0365. The SMILES string of the molecule is CNC(C)c1ccc(OC2CCCCNC2=O)cc1F. The number of benzene rings is 1. The maximum absolute atomic E-state index is 14.0. The smallest absolute Gasteiger partial charge is 0.261 e. The Morgan fingerprint density at radius 2 is 2.25 bits per heavy atom. The minimum absolute atomic E-state index is 0.0646. The maximum atomic E-state index is 14.0. The van der Waals surface area contributed by atoms with Crippen molar-refractivity contribution >= 4 is 5.91 Å². The normalized spacial score (nSPS) is 20.9. The van der Waals surface area contributed by atoms with Gasteiger partial charge in [-0.05, 0) is 39.3 Å². The molecule has 2 unspecified atom stereocenters. The van der Waals surface area contributed by atoms with Crippen molar-refractivity contribution in [3.8, 4) is 5.75 Å². The van der Waals surface area contributed by atoms with E-state index in [9.17, 15) is 9.18 Å². The van der Waals surface area contributed by atoms with Gasteiger partial charge >= 0.3 is 0 Å². The highest BCUT2D eigenvalue weighted by atomic mass is 19.1. The van der Waals surface area contributed by atoms with Gasteiger partial charge < -0.3 is 15.4 Å². The second-order valence-electron chi connectivity index (χ2n) is 5.09. The van der Waals surface area contributed by atoms with Crippen LogP contribution in [0.25, 0.3) is 0 Å². The van der Waals surface area contributed by atoms with Crippen LogP contribution in [0.1, 0.15) is 37.8 Å².